The molecule has 0 aliphatic heterocycles. The molecule has 2 aromatic carbocycles. The number of hydrogen-bond acceptors (Lipinski definition) is 4. The van der Waals surface area contributed by atoms with Crippen molar-refractivity contribution in [1.82, 2.24) is 20.1 Å². The molecule has 134 valence electrons. The van der Waals surface area contributed by atoms with E-state index in [0.717, 1.165) is 11.1 Å². The molecule has 3 aromatic rings. The fourth-order valence-electron chi connectivity index (χ4n) is 2.70. The molecule has 2 N–H and O–H groups in total. The SMILES string of the molecule is CCC(O)CN(Cc1ccccc1)C(=O)c1ccc(-c2ncn[nH]2)cc1. The highest BCUT2D eigenvalue weighted by Crippen LogP contribution is 2.17. The first-order valence-electron chi connectivity index (χ1n) is 8.64. The lowest BCUT2D eigenvalue weighted by Crippen LogP contribution is -2.36. The van der Waals surface area contributed by atoms with Crippen LogP contribution >= 0.6 is 0 Å². The molecule has 3 rings (SSSR count). The number of aromatic amines is 1. The highest BCUT2D eigenvalue weighted by Gasteiger charge is 2.19. The highest BCUT2D eigenvalue weighted by atomic mass is 16.3. The Kier molecular flexibility index (Phi) is 5.76. The van der Waals surface area contributed by atoms with Crippen molar-refractivity contribution in [2.45, 2.75) is 26.0 Å². The molecule has 1 atom stereocenters. The number of amides is 1. The number of aliphatic hydroxyl groups is 1. The third-order valence-electron chi connectivity index (χ3n) is 4.23. The van der Waals surface area contributed by atoms with Crippen molar-refractivity contribution >= 4 is 5.91 Å². The molecule has 6 nitrogen and oxygen atoms in total. The lowest BCUT2D eigenvalue weighted by atomic mass is 10.1. The number of H-pyrrole nitrogens is 1. The van der Waals surface area contributed by atoms with E-state index in [9.17, 15) is 9.90 Å². The summed E-state index contributed by atoms with van der Waals surface area (Å²) in [7, 11) is 0. The van der Waals surface area contributed by atoms with Gasteiger partial charge in [-0.05, 0) is 24.1 Å². The van der Waals surface area contributed by atoms with Gasteiger partial charge in [0.05, 0.1) is 6.10 Å². The summed E-state index contributed by atoms with van der Waals surface area (Å²) in [5.74, 6) is 0.553. The summed E-state index contributed by atoms with van der Waals surface area (Å²) in [6.07, 6.45) is 1.50. The van der Waals surface area contributed by atoms with Crippen LogP contribution in [0.4, 0.5) is 0 Å². The fraction of sp³-hybridized carbons (Fsp3) is 0.250. The second-order valence-electron chi connectivity index (χ2n) is 6.14. The molecule has 0 bridgehead atoms. The summed E-state index contributed by atoms with van der Waals surface area (Å²) in [6.45, 7) is 2.66. The summed E-state index contributed by atoms with van der Waals surface area (Å²) < 4.78 is 0. The van der Waals surface area contributed by atoms with E-state index >= 15 is 0 Å². The minimum absolute atomic E-state index is 0.106. The molecule has 0 spiro atoms. The largest absolute Gasteiger partial charge is 0.391 e. The van der Waals surface area contributed by atoms with E-state index in [2.05, 4.69) is 15.2 Å². The van der Waals surface area contributed by atoms with Crippen LogP contribution in [0.15, 0.2) is 60.9 Å². The van der Waals surface area contributed by atoms with Gasteiger partial charge in [0.15, 0.2) is 5.82 Å². The van der Waals surface area contributed by atoms with Crippen LogP contribution < -0.4 is 0 Å². The number of carbonyl (C=O) groups is 1. The molecule has 0 fully saturated rings. The van der Waals surface area contributed by atoms with Crippen molar-refractivity contribution in [3.05, 3.63) is 72.1 Å². The minimum Gasteiger partial charge on any atom is -0.391 e. The van der Waals surface area contributed by atoms with Gasteiger partial charge in [0.2, 0.25) is 0 Å². The topological polar surface area (TPSA) is 82.1 Å². The first kappa shape index (κ1) is 17.8. The van der Waals surface area contributed by atoms with E-state index < -0.39 is 6.10 Å². The van der Waals surface area contributed by atoms with Gasteiger partial charge in [-0.3, -0.25) is 9.89 Å². The van der Waals surface area contributed by atoms with Crippen LogP contribution in [0, 0.1) is 0 Å². The van der Waals surface area contributed by atoms with Crippen LogP contribution in [0.25, 0.3) is 11.4 Å². The third kappa shape index (κ3) is 4.34. The number of nitrogens with zero attached hydrogens (tertiary/aromatic N) is 3. The maximum Gasteiger partial charge on any atom is 0.254 e. The van der Waals surface area contributed by atoms with Gasteiger partial charge in [-0.1, -0.05) is 49.4 Å². The number of hydrogen-bond donors (Lipinski definition) is 2. The van der Waals surface area contributed by atoms with Gasteiger partial charge in [0.1, 0.15) is 6.33 Å². The predicted octanol–water partition coefficient (Wildman–Crippen LogP) is 2.89. The zero-order chi connectivity index (χ0) is 18.4. The third-order valence-corrected chi connectivity index (χ3v) is 4.23. The lowest BCUT2D eigenvalue weighted by molar-refractivity contribution is 0.0598. The zero-order valence-corrected chi connectivity index (χ0v) is 14.7. The Bertz CT molecular complexity index is 817. The quantitative estimate of drug-likeness (QED) is 0.686. The van der Waals surface area contributed by atoms with Gasteiger partial charge in [0, 0.05) is 24.2 Å². The van der Waals surface area contributed by atoms with Gasteiger partial charge in [-0.15, -0.1) is 0 Å². The zero-order valence-electron chi connectivity index (χ0n) is 14.7. The number of benzene rings is 2. The molecule has 6 heteroatoms. The molecule has 1 amide bonds. The Morgan fingerprint density at radius 1 is 1.15 bits per heavy atom. The number of aromatic nitrogens is 3. The average Bonchev–Trinajstić information content (AvgIpc) is 3.22. The van der Waals surface area contributed by atoms with Crippen molar-refractivity contribution in [3.8, 4) is 11.4 Å². The van der Waals surface area contributed by atoms with E-state index in [4.69, 9.17) is 0 Å². The summed E-state index contributed by atoms with van der Waals surface area (Å²) >= 11 is 0. The smallest absolute Gasteiger partial charge is 0.254 e. The molecular formula is C20H22N4O2. The standard InChI is InChI=1S/C20H22N4O2/c1-2-18(25)13-24(12-15-6-4-3-5-7-15)20(26)17-10-8-16(9-11-17)19-21-14-22-23-19/h3-11,14,18,25H,2,12-13H2,1H3,(H,21,22,23). The molecule has 26 heavy (non-hydrogen) atoms. The predicted molar refractivity (Wildman–Crippen MR) is 99.3 cm³/mol. The lowest BCUT2D eigenvalue weighted by Gasteiger charge is -2.25. The first-order valence-corrected chi connectivity index (χ1v) is 8.64. The van der Waals surface area contributed by atoms with E-state index in [1.807, 2.05) is 49.4 Å². The van der Waals surface area contributed by atoms with E-state index in [1.54, 1.807) is 17.0 Å². The Hall–Kier alpha value is -2.99. The molecule has 0 saturated heterocycles. The van der Waals surface area contributed by atoms with E-state index in [-0.39, 0.29) is 5.91 Å². The van der Waals surface area contributed by atoms with Gasteiger partial charge in [-0.2, -0.15) is 5.10 Å². The molecular weight excluding hydrogens is 328 g/mol. The van der Waals surface area contributed by atoms with Crippen molar-refractivity contribution in [2.24, 2.45) is 0 Å². The van der Waals surface area contributed by atoms with Gasteiger partial charge in [-0.25, -0.2) is 4.98 Å². The average molecular weight is 350 g/mol. The molecule has 0 aliphatic rings. The molecule has 1 unspecified atom stereocenters. The molecule has 0 radical (unpaired) electrons. The number of carbonyl (C=O) groups excluding carboxylic acids is 1. The number of aliphatic hydroxyl groups excluding tert-OH is 1. The number of nitrogens with one attached hydrogen (secondary N) is 1. The summed E-state index contributed by atoms with van der Waals surface area (Å²) in [5.41, 5.74) is 2.47. The van der Waals surface area contributed by atoms with Crippen molar-refractivity contribution in [3.63, 3.8) is 0 Å². The van der Waals surface area contributed by atoms with Crippen molar-refractivity contribution in [1.29, 1.82) is 0 Å². The van der Waals surface area contributed by atoms with Crippen LogP contribution in [0.3, 0.4) is 0 Å². The Balaban J connectivity index is 1.79. The Morgan fingerprint density at radius 3 is 2.50 bits per heavy atom. The van der Waals surface area contributed by atoms with Crippen molar-refractivity contribution < 1.29 is 9.90 Å². The number of rotatable bonds is 7. The van der Waals surface area contributed by atoms with Crippen LogP contribution in [0.1, 0.15) is 29.3 Å². The maximum atomic E-state index is 13.0. The van der Waals surface area contributed by atoms with Crippen LogP contribution in [0.2, 0.25) is 0 Å². The van der Waals surface area contributed by atoms with Gasteiger partial charge in [0.25, 0.3) is 5.91 Å². The van der Waals surface area contributed by atoms with Gasteiger partial charge < -0.3 is 10.0 Å². The summed E-state index contributed by atoms with van der Waals surface area (Å²) in [6, 6.07) is 17.0. The fourth-order valence-corrected chi connectivity index (χ4v) is 2.70. The van der Waals surface area contributed by atoms with Crippen molar-refractivity contribution in [2.75, 3.05) is 6.54 Å². The van der Waals surface area contributed by atoms with E-state index in [0.29, 0.717) is 30.9 Å². The highest BCUT2D eigenvalue weighted by molar-refractivity contribution is 5.94. The van der Waals surface area contributed by atoms with Crippen LogP contribution in [-0.4, -0.2) is 43.7 Å². The second kappa shape index (κ2) is 8.40. The summed E-state index contributed by atoms with van der Waals surface area (Å²) in [5, 5.41) is 16.7. The Labute approximate surface area is 152 Å². The second-order valence-corrected chi connectivity index (χ2v) is 6.14. The van der Waals surface area contributed by atoms with Gasteiger partial charge >= 0.3 is 0 Å². The summed E-state index contributed by atoms with van der Waals surface area (Å²) in [4.78, 5) is 18.8. The first-order chi connectivity index (χ1) is 12.7. The van der Waals surface area contributed by atoms with Crippen LogP contribution in [-0.2, 0) is 6.54 Å². The molecule has 0 saturated carbocycles. The maximum absolute atomic E-state index is 13.0. The molecule has 0 aliphatic carbocycles. The normalized spacial score (nSPS) is 11.9. The monoisotopic (exact) mass is 350 g/mol. The molecule has 1 aromatic heterocycles. The van der Waals surface area contributed by atoms with E-state index in [1.165, 1.54) is 6.33 Å². The Morgan fingerprint density at radius 2 is 1.88 bits per heavy atom. The minimum atomic E-state index is -0.545. The molecule has 1 heterocycles. The van der Waals surface area contributed by atoms with Crippen LogP contribution in [0.5, 0.6) is 0 Å².